The maximum atomic E-state index is 13.2. The minimum absolute atomic E-state index is 0.0966. The molecule has 0 saturated carbocycles. The third kappa shape index (κ3) is 6.24. The van der Waals surface area contributed by atoms with Gasteiger partial charge in [0.15, 0.2) is 0 Å². The van der Waals surface area contributed by atoms with E-state index in [1.54, 1.807) is 36.9 Å². The molecule has 0 saturated heterocycles. The maximum Gasteiger partial charge on any atom is 0.257 e. The highest BCUT2D eigenvalue weighted by molar-refractivity contribution is 5.95. The van der Waals surface area contributed by atoms with Gasteiger partial charge in [-0.25, -0.2) is 4.39 Å². The van der Waals surface area contributed by atoms with Gasteiger partial charge >= 0.3 is 0 Å². The van der Waals surface area contributed by atoms with Gasteiger partial charge in [0.05, 0.1) is 5.56 Å². The number of nitrogens with one attached hydrogen (secondary N) is 1. The van der Waals surface area contributed by atoms with Crippen LogP contribution in [0, 0.1) is 25.6 Å². The van der Waals surface area contributed by atoms with Crippen LogP contribution in [-0.4, -0.2) is 29.8 Å². The molecule has 146 valence electrons. The number of hydrogen-bond acceptors (Lipinski definition) is 3. The van der Waals surface area contributed by atoms with Crippen LogP contribution >= 0.6 is 0 Å². The third-order valence-corrected chi connectivity index (χ3v) is 4.16. The predicted octanol–water partition coefficient (Wildman–Crippen LogP) is 3.84. The second-order valence-corrected chi connectivity index (χ2v) is 7.13. The van der Waals surface area contributed by atoms with Gasteiger partial charge in [-0.15, -0.1) is 0 Å². The molecule has 1 aromatic heterocycles. The Kier molecular flexibility index (Phi) is 7.16. The summed E-state index contributed by atoms with van der Waals surface area (Å²) in [5.74, 6) is 0.942. The Morgan fingerprint density at radius 3 is 2.41 bits per heavy atom. The van der Waals surface area contributed by atoms with Crippen molar-refractivity contribution in [3.63, 3.8) is 0 Å². The highest BCUT2D eigenvalue weighted by Crippen LogP contribution is 2.18. The van der Waals surface area contributed by atoms with Crippen LogP contribution in [0.15, 0.2) is 34.7 Å². The van der Waals surface area contributed by atoms with Crippen molar-refractivity contribution in [2.45, 2.75) is 40.7 Å². The zero-order valence-corrected chi connectivity index (χ0v) is 16.3. The zero-order chi connectivity index (χ0) is 20.0. The number of benzene rings is 1. The lowest BCUT2D eigenvalue weighted by molar-refractivity contribution is -0.121. The van der Waals surface area contributed by atoms with Crippen molar-refractivity contribution in [2.24, 2.45) is 5.92 Å². The fourth-order valence-corrected chi connectivity index (χ4v) is 2.72. The molecule has 5 nitrogen and oxygen atoms in total. The summed E-state index contributed by atoms with van der Waals surface area (Å²) in [5, 5.41) is 2.86. The van der Waals surface area contributed by atoms with E-state index in [0.717, 1.165) is 5.56 Å². The highest BCUT2D eigenvalue weighted by atomic mass is 19.1. The molecule has 1 N–H and O–H groups in total. The molecule has 1 aromatic carbocycles. The van der Waals surface area contributed by atoms with Gasteiger partial charge in [0.1, 0.15) is 17.3 Å². The molecule has 0 bridgehead atoms. The van der Waals surface area contributed by atoms with Crippen LogP contribution in [0.4, 0.5) is 4.39 Å². The average Bonchev–Trinajstić information content (AvgIpc) is 2.96. The molecular formula is C21H27FN2O3. The lowest BCUT2D eigenvalue weighted by Gasteiger charge is -2.22. The lowest BCUT2D eigenvalue weighted by atomic mass is 10.1. The van der Waals surface area contributed by atoms with E-state index in [1.807, 2.05) is 13.8 Å². The molecule has 0 spiro atoms. The van der Waals surface area contributed by atoms with Gasteiger partial charge in [-0.3, -0.25) is 9.59 Å². The first-order valence-electron chi connectivity index (χ1n) is 9.13. The van der Waals surface area contributed by atoms with Gasteiger partial charge in [-0.1, -0.05) is 26.0 Å². The second kappa shape index (κ2) is 9.35. The van der Waals surface area contributed by atoms with Crippen LogP contribution in [-0.2, 0) is 11.3 Å². The molecule has 6 heteroatoms. The van der Waals surface area contributed by atoms with E-state index >= 15 is 0 Å². The van der Waals surface area contributed by atoms with Crippen LogP contribution in [0.5, 0.6) is 0 Å². The summed E-state index contributed by atoms with van der Waals surface area (Å²) < 4.78 is 18.6. The van der Waals surface area contributed by atoms with Gasteiger partial charge in [-0.05, 0) is 43.5 Å². The molecule has 0 fully saturated rings. The Labute approximate surface area is 159 Å². The van der Waals surface area contributed by atoms with Gasteiger partial charge < -0.3 is 14.6 Å². The number of furan rings is 1. The first-order chi connectivity index (χ1) is 12.8. The van der Waals surface area contributed by atoms with E-state index in [-0.39, 0.29) is 30.6 Å². The Bertz CT molecular complexity index is 781. The summed E-state index contributed by atoms with van der Waals surface area (Å²) in [6, 6.07) is 7.71. The van der Waals surface area contributed by atoms with E-state index in [0.29, 0.717) is 36.1 Å². The van der Waals surface area contributed by atoms with E-state index in [4.69, 9.17) is 4.42 Å². The molecule has 2 rings (SSSR count). The summed E-state index contributed by atoms with van der Waals surface area (Å²) in [4.78, 5) is 26.6. The zero-order valence-electron chi connectivity index (χ0n) is 16.3. The molecule has 0 radical (unpaired) electrons. The number of rotatable bonds is 8. The standard InChI is InChI=1S/C21H27FN2O3/c1-14(2)12-23-20(25)9-10-24(13-17-5-7-18(22)8-6-17)21(26)19-11-15(3)27-16(19)4/h5-8,11,14H,9-10,12-13H2,1-4H3,(H,23,25). The Balaban J connectivity index is 2.12. The SMILES string of the molecule is Cc1cc(C(=O)N(CCC(=O)NCC(C)C)Cc2ccc(F)cc2)c(C)o1. The van der Waals surface area contributed by atoms with Crippen LogP contribution in [0.2, 0.25) is 0 Å². The van der Waals surface area contributed by atoms with E-state index in [1.165, 1.54) is 12.1 Å². The molecule has 0 unspecified atom stereocenters. The number of nitrogens with zero attached hydrogens (tertiary/aromatic N) is 1. The molecule has 0 aliphatic carbocycles. The lowest BCUT2D eigenvalue weighted by Crippen LogP contribution is -2.35. The summed E-state index contributed by atoms with van der Waals surface area (Å²) in [6.45, 7) is 8.73. The van der Waals surface area contributed by atoms with E-state index in [2.05, 4.69) is 5.32 Å². The molecular weight excluding hydrogens is 347 g/mol. The fraction of sp³-hybridized carbons (Fsp3) is 0.429. The third-order valence-electron chi connectivity index (χ3n) is 4.16. The molecule has 2 aromatic rings. The predicted molar refractivity (Wildman–Crippen MR) is 102 cm³/mol. The van der Waals surface area contributed by atoms with Crippen LogP contribution in [0.25, 0.3) is 0 Å². The summed E-state index contributed by atoms with van der Waals surface area (Å²) in [6.07, 6.45) is 0.204. The van der Waals surface area contributed by atoms with Crippen LogP contribution in [0.1, 0.15) is 47.7 Å². The van der Waals surface area contributed by atoms with Crippen molar-refractivity contribution in [1.82, 2.24) is 10.2 Å². The highest BCUT2D eigenvalue weighted by Gasteiger charge is 2.21. The van der Waals surface area contributed by atoms with Crippen molar-refractivity contribution in [2.75, 3.05) is 13.1 Å². The monoisotopic (exact) mass is 374 g/mol. The second-order valence-electron chi connectivity index (χ2n) is 7.13. The van der Waals surface area contributed by atoms with Gasteiger partial charge in [0.25, 0.3) is 5.91 Å². The van der Waals surface area contributed by atoms with Crippen LogP contribution < -0.4 is 5.32 Å². The minimum Gasteiger partial charge on any atom is -0.466 e. The largest absolute Gasteiger partial charge is 0.466 e. The van der Waals surface area contributed by atoms with Gasteiger partial charge in [-0.2, -0.15) is 0 Å². The first-order valence-corrected chi connectivity index (χ1v) is 9.13. The molecule has 0 aliphatic heterocycles. The van der Waals surface area contributed by atoms with Gasteiger partial charge in [0, 0.05) is 26.1 Å². The van der Waals surface area contributed by atoms with Crippen molar-refractivity contribution < 1.29 is 18.4 Å². The van der Waals surface area contributed by atoms with Gasteiger partial charge in [0.2, 0.25) is 5.91 Å². The number of amides is 2. The summed E-state index contributed by atoms with van der Waals surface area (Å²) >= 11 is 0. The van der Waals surface area contributed by atoms with E-state index in [9.17, 15) is 14.0 Å². The smallest absolute Gasteiger partial charge is 0.257 e. The van der Waals surface area contributed by atoms with Crippen molar-refractivity contribution >= 4 is 11.8 Å². The topological polar surface area (TPSA) is 62.6 Å². The van der Waals surface area contributed by atoms with Crippen molar-refractivity contribution in [1.29, 1.82) is 0 Å². The number of hydrogen-bond donors (Lipinski definition) is 1. The minimum atomic E-state index is -0.328. The Morgan fingerprint density at radius 2 is 1.85 bits per heavy atom. The molecule has 27 heavy (non-hydrogen) atoms. The number of halogens is 1. The van der Waals surface area contributed by atoms with Crippen molar-refractivity contribution in [3.05, 3.63) is 58.8 Å². The maximum absolute atomic E-state index is 13.2. The molecule has 0 atom stereocenters. The van der Waals surface area contributed by atoms with Crippen molar-refractivity contribution in [3.8, 4) is 0 Å². The Hall–Kier alpha value is -2.63. The Morgan fingerprint density at radius 1 is 1.19 bits per heavy atom. The number of carbonyl (C=O) groups is 2. The first kappa shape index (κ1) is 20.7. The molecule has 1 heterocycles. The number of carbonyl (C=O) groups excluding carboxylic acids is 2. The summed E-state index contributed by atoms with van der Waals surface area (Å²) in [7, 11) is 0. The normalized spacial score (nSPS) is 10.9. The van der Waals surface area contributed by atoms with Crippen LogP contribution in [0.3, 0.4) is 0 Å². The molecule has 2 amide bonds. The van der Waals surface area contributed by atoms with E-state index < -0.39 is 0 Å². The number of aryl methyl sites for hydroxylation is 2. The average molecular weight is 374 g/mol. The quantitative estimate of drug-likeness (QED) is 0.764. The fourth-order valence-electron chi connectivity index (χ4n) is 2.72. The summed E-state index contributed by atoms with van der Waals surface area (Å²) in [5.41, 5.74) is 1.28. The molecule has 0 aliphatic rings.